The summed E-state index contributed by atoms with van der Waals surface area (Å²) in [5.74, 6) is -0.838. The van der Waals surface area contributed by atoms with Gasteiger partial charge in [0.1, 0.15) is 11.6 Å². The third-order valence-corrected chi connectivity index (χ3v) is 3.38. The molecular formula is C17H17FN2O3. The van der Waals surface area contributed by atoms with E-state index in [0.29, 0.717) is 17.0 Å². The fourth-order valence-corrected chi connectivity index (χ4v) is 2.01. The van der Waals surface area contributed by atoms with Crippen molar-refractivity contribution < 1.29 is 18.7 Å². The Morgan fingerprint density at radius 2 is 1.83 bits per heavy atom. The topological polar surface area (TPSA) is 67.4 Å². The molecule has 0 aliphatic rings. The maximum atomic E-state index is 13.6. The number of methoxy groups -OCH3 is 1. The molecular weight excluding hydrogens is 299 g/mol. The minimum atomic E-state index is -0.501. The number of anilines is 1. The van der Waals surface area contributed by atoms with Crippen LogP contribution in [0.4, 0.5) is 10.1 Å². The lowest BCUT2D eigenvalue weighted by atomic mass is 10.1. The molecule has 23 heavy (non-hydrogen) atoms. The summed E-state index contributed by atoms with van der Waals surface area (Å²) in [4.78, 5) is 24.2. The molecule has 5 nitrogen and oxygen atoms in total. The van der Waals surface area contributed by atoms with Gasteiger partial charge in [-0.15, -0.1) is 0 Å². The lowest BCUT2D eigenvalue weighted by Gasteiger charge is -2.12. The number of halogens is 1. The van der Waals surface area contributed by atoms with Crippen LogP contribution in [0.5, 0.6) is 5.75 Å². The molecule has 0 aliphatic heterocycles. The van der Waals surface area contributed by atoms with E-state index in [1.165, 1.54) is 32.4 Å². The molecule has 0 saturated heterocycles. The molecule has 0 heterocycles. The molecule has 2 rings (SSSR count). The third-order valence-electron chi connectivity index (χ3n) is 3.38. The second-order valence-corrected chi connectivity index (χ2v) is 4.91. The number of hydrogen-bond donors (Lipinski definition) is 2. The number of ether oxygens (including phenoxy) is 1. The van der Waals surface area contributed by atoms with Crippen LogP contribution in [-0.2, 0) is 0 Å². The van der Waals surface area contributed by atoms with Gasteiger partial charge < -0.3 is 15.4 Å². The zero-order chi connectivity index (χ0) is 17.0. The van der Waals surface area contributed by atoms with Crippen LogP contribution in [0.25, 0.3) is 0 Å². The molecule has 2 aromatic carbocycles. The van der Waals surface area contributed by atoms with Gasteiger partial charge in [-0.25, -0.2) is 4.39 Å². The Morgan fingerprint density at radius 1 is 1.09 bits per heavy atom. The number of benzene rings is 2. The van der Waals surface area contributed by atoms with Crippen molar-refractivity contribution in [3.63, 3.8) is 0 Å². The van der Waals surface area contributed by atoms with E-state index in [9.17, 15) is 14.0 Å². The van der Waals surface area contributed by atoms with Crippen LogP contribution in [0.15, 0.2) is 36.4 Å². The van der Waals surface area contributed by atoms with E-state index in [1.54, 1.807) is 19.1 Å². The highest BCUT2D eigenvalue weighted by molar-refractivity contribution is 6.09. The zero-order valence-corrected chi connectivity index (χ0v) is 13.1. The molecule has 2 N–H and O–H groups in total. The van der Waals surface area contributed by atoms with Gasteiger partial charge in [-0.05, 0) is 42.8 Å². The normalized spacial score (nSPS) is 10.1. The van der Waals surface area contributed by atoms with Gasteiger partial charge in [-0.3, -0.25) is 9.59 Å². The predicted molar refractivity (Wildman–Crippen MR) is 85.5 cm³/mol. The summed E-state index contributed by atoms with van der Waals surface area (Å²) < 4.78 is 18.7. The van der Waals surface area contributed by atoms with Crippen LogP contribution in [0.1, 0.15) is 26.3 Å². The second-order valence-electron chi connectivity index (χ2n) is 4.91. The Labute approximate surface area is 133 Å². The smallest absolute Gasteiger partial charge is 0.255 e. The van der Waals surface area contributed by atoms with Gasteiger partial charge >= 0.3 is 0 Å². The summed E-state index contributed by atoms with van der Waals surface area (Å²) in [5.41, 5.74) is 1.20. The molecule has 2 amide bonds. The van der Waals surface area contributed by atoms with E-state index in [-0.39, 0.29) is 17.0 Å². The summed E-state index contributed by atoms with van der Waals surface area (Å²) >= 11 is 0. The molecule has 0 fully saturated rings. The molecule has 0 aromatic heterocycles. The van der Waals surface area contributed by atoms with Gasteiger partial charge in [0.25, 0.3) is 11.8 Å². The van der Waals surface area contributed by atoms with Gasteiger partial charge in [0.15, 0.2) is 0 Å². The quantitative estimate of drug-likeness (QED) is 0.911. The van der Waals surface area contributed by atoms with E-state index in [0.717, 1.165) is 6.07 Å². The van der Waals surface area contributed by atoms with Crippen LogP contribution in [0.3, 0.4) is 0 Å². The lowest BCUT2D eigenvalue weighted by Crippen LogP contribution is -2.21. The van der Waals surface area contributed by atoms with Gasteiger partial charge in [0.2, 0.25) is 0 Å². The highest BCUT2D eigenvalue weighted by Gasteiger charge is 2.15. The van der Waals surface area contributed by atoms with Crippen molar-refractivity contribution in [3.8, 4) is 5.75 Å². The first kappa shape index (κ1) is 16.5. The standard InChI is InChI=1S/C17H17FN2O3/c1-10-4-5-11(8-14(10)18)16(21)20-15-7-6-12(23-3)9-13(15)17(22)19-2/h4-9H,1-3H3,(H,19,22)(H,20,21). The highest BCUT2D eigenvalue weighted by Crippen LogP contribution is 2.23. The first-order chi connectivity index (χ1) is 11.0. The Balaban J connectivity index is 2.33. The molecule has 0 saturated carbocycles. The Bertz CT molecular complexity index is 759. The number of hydrogen-bond acceptors (Lipinski definition) is 3. The minimum Gasteiger partial charge on any atom is -0.497 e. The Hall–Kier alpha value is -2.89. The molecule has 0 bridgehead atoms. The van der Waals surface area contributed by atoms with Crippen LogP contribution in [0.2, 0.25) is 0 Å². The molecule has 0 aliphatic carbocycles. The molecule has 0 spiro atoms. The molecule has 6 heteroatoms. The zero-order valence-electron chi connectivity index (χ0n) is 13.1. The van der Waals surface area contributed by atoms with Crippen LogP contribution < -0.4 is 15.4 Å². The number of carbonyl (C=O) groups excluding carboxylic acids is 2. The van der Waals surface area contributed by atoms with Gasteiger partial charge in [0.05, 0.1) is 18.4 Å². The van der Waals surface area contributed by atoms with E-state index < -0.39 is 11.7 Å². The average Bonchev–Trinajstić information content (AvgIpc) is 2.56. The van der Waals surface area contributed by atoms with Crippen LogP contribution in [0, 0.1) is 12.7 Å². The van der Waals surface area contributed by atoms with Crippen molar-refractivity contribution in [2.75, 3.05) is 19.5 Å². The summed E-state index contributed by atoms with van der Waals surface area (Å²) in [6.45, 7) is 1.62. The van der Waals surface area contributed by atoms with E-state index >= 15 is 0 Å². The largest absolute Gasteiger partial charge is 0.497 e. The van der Waals surface area contributed by atoms with Crippen molar-refractivity contribution in [3.05, 3.63) is 58.9 Å². The predicted octanol–water partition coefficient (Wildman–Crippen LogP) is 2.75. The highest BCUT2D eigenvalue weighted by atomic mass is 19.1. The molecule has 0 atom stereocenters. The fourth-order valence-electron chi connectivity index (χ4n) is 2.01. The number of amides is 2. The number of aryl methyl sites for hydroxylation is 1. The molecule has 0 unspecified atom stereocenters. The van der Waals surface area contributed by atoms with Crippen molar-refractivity contribution in [1.82, 2.24) is 5.32 Å². The van der Waals surface area contributed by atoms with Gasteiger partial charge in [0, 0.05) is 12.6 Å². The monoisotopic (exact) mass is 316 g/mol. The van der Waals surface area contributed by atoms with Crippen molar-refractivity contribution >= 4 is 17.5 Å². The van der Waals surface area contributed by atoms with Crippen molar-refractivity contribution in [2.24, 2.45) is 0 Å². The molecule has 2 aromatic rings. The van der Waals surface area contributed by atoms with E-state index in [1.807, 2.05) is 0 Å². The van der Waals surface area contributed by atoms with Crippen molar-refractivity contribution in [1.29, 1.82) is 0 Å². The average molecular weight is 316 g/mol. The molecule has 0 radical (unpaired) electrons. The van der Waals surface area contributed by atoms with Crippen molar-refractivity contribution in [2.45, 2.75) is 6.92 Å². The maximum absolute atomic E-state index is 13.6. The number of carbonyl (C=O) groups is 2. The lowest BCUT2D eigenvalue weighted by molar-refractivity contribution is 0.0963. The summed E-state index contributed by atoms with van der Waals surface area (Å²) in [6, 6.07) is 8.91. The fraction of sp³-hybridized carbons (Fsp3) is 0.176. The van der Waals surface area contributed by atoms with E-state index in [2.05, 4.69) is 10.6 Å². The maximum Gasteiger partial charge on any atom is 0.255 e. The number of nitrogens with one attached hydrogen (secondary N) is 2. The Morgan fingerprint density at radius 3 is 2.43 bits per heavy atom. The Kier molecular flexibility index (Phi) is 4.95. The van der Waals surface area contributed by atoms with Gasteiger partial charge in [-0.2, -0.15) is 0 Å². The summed E-state index contributed by atoms with van der Waals surface area (Å²) in [6.07, 6.45) is 0. The van der Waals surface area contributed by atoms with Gasteiger partial charge in [-0.1, -0.05) is 6.07 Å². The summed E-state index contributed by atoms with van der Waals surface area (Å²) in [5, 5.41) is 5.11. The van der Waals surface area contributed by atoms with Crippen LogP contribution >= 0.6 is 0 Å². The minimum absolute atomic E-state index is 0.173. The summed E-state index contributed by atoms with van der Waals surface area (Å²) in [7, 11) is 2.97. The first-order valence-corrected chi connectivity index (χ1v) is 6.94. The van der Waals surface area contributed by atoms with Crippen LogP contribution in [-0.4, -0.2) is 26.0 Å². The number of rotatable bonds is 4. The first-order valence-electron chi connectivity index (χ1n) is 6.94. The third kappa shape index (κ3) is 3.66. The van der Waals surface area contributed by atoms with E-state index in [4.69, 9.17) is 4.74 Å². The molecule has 120 valence electrons. The SMILES string of the molecule is CNC(=O)c1cc(OC)ccc1NC(=O)c1ccc(C)c(F)c1. The second kappa shape index (κ2) is 6.91.